The van der Waals surface area contributed by atoms with Gasteiger partial charge >= 0.3 is 6.03 Å². The fourth-order valence-electron chi connectivity index (χ4n) is 3.58. The van der Waals surface area contributed by atoms with E-state index in [0.717, 1.165) is 30.2 Å². The lowest BCUT2D eigenvalue weighted by atomic mass is 9.96. The van der Waals surface area contributed by atoms with E-state index in [0.29, 0.717) is 14.9 Å². The van der Waals surface area contributed by atoms with Crippen LogP contribution in [0, 0.1) is 0 Å². The van der Waals surface area contributed by atoms with E-state index in [1.807, 2.05) is 13.8 Å². The summed E-state index contributed by atoms with van der Waals surface area (Å²) in [5.41, 5.74) is 0.492. The van der Waals surface area contributed by atoms with E-state index < -0.39 is 16.9 Å². The average Bonchev–Trinajstić information content (AvgIpc) is 2.90. The molecule has 3 rings (SSSR count). The maximum atomic E-state index is 12.7. The number of phenols is 1. The van der Waals surface area contributed by atoms with Crippen LogP contribution in [0.3, 0.4) is 0 Å². The van der Waals surface area contributed by atoms with E-state index in [1.54, 1.807) is 18.2 Å². The molecule has 1 aromatic rings. The minimum atomic E-state index is -0.783. The van der Waals surface area contributed by atoms with Crippen molar-refractivity contribution in [1.29, 1.82) is 0 Å². The Morgan fingerprint density at radius 2 is 2.10 bits per heavy atom. The quantitative estimate of drug-likeness (QED) is 0.241. The van der Waals surface area contributed by atoms with Gasteiger partial charge < -0.3 is 10.4 Å². The van der Waals surface area contributed by atoms with Gasteiger partial charge in [0.2, 0.25) is 0 Å². The number of thioether (sulfide) groups is 1. The molecule has 0 aromatic heterocycles. The predicted octanol–water partition coefficient (Wildman–Crippen LogP) is 4.66. The van der Waals surface area contributed by atoms with Crippen molar-refractivity contribution in [3.63, 3.8) is 0 Å². The molecule has 0 radical (unpaired) electrons. The lowest BCUT2D eigenvalue weighted by molar-refractivity contribution is -0.119. The molecule has 1 saturated carbocycles. The molecular formula is C19H25BrN4O3S2. The summed E-state index contributed by atoms with van der Waals surface area (Å²) < 4.78 is 0.657. The number of hydrogen-bond donors (Lipinski definition) is 3. The Morgan fingerprint density at radius 3 is 2.79 bits per heavy atom. The largest absolute Gasteiger partial charge is 0.507 e. The van der Waals surface area contributed by atoms with Crippen molar-refractivity contribution in [2.45, 2.75) is 62.9 Å². The maximum Gasteiger partial charge on any atom is 0.343 e. The van der Waals surface area contributed by atoms with Crippen molar-refractivity contribution in [3.8, 4) is 5.75 Å². The van der Waals surface area contributed by atoms with E-state index in [-0.39, 0.29) is 11.8 Å². The Balaban J connectivity index is 1.79. The third kappa shape index (κ3) is 5.22. The summed E-state index contributed by atoms with van der Waals surface area (Å²) in [6, 6.07) is 4.52. The van der Waals surface area contributed by atoms with Gasteiger partial charge in [-0.1, -0.05) is 59.2 Å². The first-order valence-electron chi connectivity index (χ1n) is 9.52. The number of thiocarbonyl (C=S) groups is 1. The predicted molar refractivity (Wildman–Crippen MR) is 122 cm³/mol. The molecule has 158 valence electrons. The van der Waals surface area contributed by atoms with E-state index >= 15 is 0 Å². The fraction of sp³-hybridized carbons (Fsp3) is 0.526. The van der Waals surface area contributed by atoms with Crippen LogP contribution in [0.4, 0.5) is 4.79 Å². The van der Waals surface area contributed by atoms with Crippen LogP contribution in [0.2, 0.25) is 0 Å². The van der Waals surface area contributed by atoms with Crippen LogP contribution in [0.15, 0.2) is 27.8 Å². The first-order chi connectivity index (χ1) is 13.7. The second-order valence-corrected chi connectivity index (χ2v) is 11.0. The smallest absolute Gasteiger partial charge is 0.343 e. The molecule has 0 spiro atoms. The average molecular weight is 501 g/mol. The molecule has 3 N–H and O–H groups in total. The maximum absolute atomic E-state index is 12.7. The monoisotopic (exact) mass is 500 g/mol. The molecular weight excluding hydrogens is 476 g/mol. The number of hydroxylamine groups is 2. The molecule has 1 aliphatic carbocycles. The number of carbonyl (C=O) groups is 1. The highest BCUT2D eigenvalue weighted by Crippen LogP contribution is 2.42. The number of nitrogens with one attached hydrogen (secondary N) is 1. The third-order valence-electron chi connectivity index (χ3n) is 5.07. The summed E-state index contributed by atoms with van der Waals surface area (Å²) in [6.45, 7) is 3.80. The summed E-state index contributed by atoms with van der Waals surface area (Å²) >= 11 is 10.2. The Morgan fingerprint density at radius 1 is 1.41 bits per heavy atom. The van der Waals surface area contributed by atoms with Gasteiger partial charge in [-0.2, -0.15) is 10.2 Å². The van der Waals surface area contributed by atoms with Gasteiger partial charge in [0, 0.05) is 16.1 Å². The van der Waals surface area contributed by atoms with Crippen LogP contribution in [0.5, 0.6) is 5.75 Å². The van der Waals surface area contributed by atoms with Gasteiger partial charge in [-0.25, -0.2) is 9.80 Å². The summed E-state index contributed by atoms with van der Waals surface area (Å²) in [7, 11) is 0. The lowest BCUT2D eigenvalue weighted by Crippen LogP contribution is -2.57. The number of amides is 2. The van der Waals surface area contributed by atoms with Crippen molar-refractivity contribution >= 4 is 56.5 Å². The Kier molecular flexibility index (Phi) is 7.08. The number of halogens is 1. The van der Waals surface area contributed by atoms with Crippen molar-refractivity contribution in [3.05, 3.63) is 28.2 Å². The van der Waals surface area contributed by atoms with Crippen molar-refractivity contribution < 1.29 is 15.1 Å². The molecule has 2 amide bonds. The van der Waals surface area contributed by atoms with Crippen LogP contribution in [0.1, 0.15) is 51.5 Å². The number of hydrogen-bond acceptors (Lipinski definition) is 6. The molecule has 7 nitrogen and oxygen atoms in total. The highest BCUT2D eigenvalue weighted by Gasteiger charge is 2.50. The molecule has 29 heavy (non-hydrogen) atoms. The molecule has 2 aliphatic rings. The second-order valence-electron chi connectivity index (χ2n) is 7.77. The topological polar surface area (TPSA) is 88.4 Å². The fourth-order valence-corrected chi connectivity index (χ4v) is 5.74. The number of rotatable bonds is 4. The van der Waals surface area contributed by atoms with Gasteiger partial charge in [-0.3, -0.25) is 5.21 Å². The number of phenolic OH excluding ortho intramolecular Hbond substituents is 1. The number of carbonyl (C=O) groups excluding carboxylic acids is 1. The molecule has 1 aromatic carbocycles. The summed E-state index contributed by atoms with van der Waals surface area (Å²) in [5, 5.41) is 30.2. The number of urea groups is 1. The number of aromatic hydroxyl groups is 1. The molecule has 0 unspecified atom stereocenters. The van der Waals surface area contributed by atoms with Gasteiger partial charge in [0.1, 0.15) is 5.75 Å². The Labute approximate surface area is 188 Å². The zero-order valence-corrected chi connectivity index (χ0v) is 19.6. The second kappa shape index (κ2) is 9.20. The van der Waals surface area contributed by atoms with E-state index in [1.165, 1.54) is 29.4 Å². The van der Waals surface area contributed by atoms with Crippen LogP contribution in [-0.4, -0.2) is 53.9 Å². The standard InChI is InChI=1S/C19H25BrN4O3S2/c1-19(2)16(24(27)17(26)22-14-6-4-3-5-7-14)23(18(28)29-19)21-11-12-10-13(20)8-9-15(12)25/h8-11,14,16,25,27H,3-7H2,1-2H3,(H,22,26)/b21-11+/t16-/m1/s1. The number of nitrogens with zero attached hydrogens (tertiary/aromatic N) is 3. The normalized spacial score (nSPS) is 22.3. The van der Waals surface area contributed by atoms with Crippen LogP contribution in [0.25, 0.3) is 0 Å². The zero-order chi connectivity index (χ0) is 21.2. The number of benzene rings is 1. The highest BCUT2D eigenvalue weighted by atomic mass is 79.9. The molecule has 2 fully saturated rings. The van der Waals surface area contributed by atoms with Gasteiger partial charge in [0.25, 0.3) is 0 Å². The lowest BCUT2D eigenvalue weighted by Gasteiger charge is -2.35. The molecule has 1 saturated heterocycles. The van der Waals surface area contributed by atoms with Gasteiger partial charge in [-0.15, -0.1) is 0 Å². The zero-order valence-electron chi connectivity index (χ0n) is 16.3. The third-order valence-corrected chi connectivity index (χ3v) is 7.10. The van der Waals surface area contributed by atoms with Gasteiger partial charge in [0.05, 0.1) is 11.0 Å². The minimum absolute atomic E-state index is 0.0708. The first-order valence-corrected chi connectivity index (χ1v) is 11.5. The van der Waals surface area contributed by atoms with E-state index in [4.69, 9.17) is 12.2 Å². The Bertz CT molecular complexity index is 815. The molecule has 1 heterocycles. The molecule has 0 bridgehead atoms. The summed E-state index contributed by atoms with van der Waals surface area (Å²) in [5.74, 6) is 0.0708. The Hall–Kier alpha value is -1.36. The van der Waals surface area contributed by atoms with Crippen LogP contribution < -0.4 is 5.32 Å². The van der Waals surface area contributed by atoms with Crippen molar-refractivity contribution in [1.82, 2.24) is 15.4 Å². The molecule has 1 aliphatic heterocycles. The number of hydrazone groups is 1. The van der Waals surface area contributed by atoms with Crippen LogP contribution >= 0.6 is 39.9 Å². The van der Waals surface area contributed by atoms with Crippen molar-refractivity contribution in [2.24, 2.45) is 5.10 Å². The minimum Gasteiger partial charge on any atom is -0.507 e. The highest BCUT2D eigenvalue weighted by molar-refractivity contribution is 9.10. The van der Waals surface area contributed by atoms with E-state index in [9.17, 15) is 15.1 Å². The summed E-state index contributed by atoms with van der Waals surface area (Å²) in [4.78, 5) is 12.7. The van der Waals surface area contributed by atoms with Crippen molar-refractivity contribution in [2.75, 3.05) is 0 Å². The summed E-state index contributed by atoms with van der Waals surface area (Å²) in [6.07, 6.45) is 5.87. The molecule has 1 atom stereocenters. The SMILES string of the molecule is CC1(C)SC(=S)N(/N=C/c2cc(Br)ccc2O)[C@@H]1N(O)C(=O)NC1CCCCC1. The van der Waals surface area contributed by atoms with Gasteiger partial charge in [0.15, 0.2) is 10.5 Å². The van der Waals surface area contributed by atoms with Gasteiger partial charge in [-0.05, 0) is 44.9 Å². The van der Waals surface area contributed by atoms with Crippen LogP contribution in [-0.2, 0) is 0 Å². The molecule has 10 heteroatoms. The van der Waals surface area contributed by atoms with E-state index in [2.05, 4.69) is 26.3 Å². The first kappa shape index (κ1) is 22.3.